The number of nitrogens with one attached hydrogen (secondary N) is 3. The van der Waals surface area contributed by atoms with Crippen LogP contribution in [0.4, 0.5) is 28.0 Å². The fourth-order valence-electron chi connectivity index (χ4n) is 7.64. The Morgan fingerprint density at radius 2 is 1.73 bits per heavy atom. The van der Waals surface area contributed by atoms with Crippen LogP contribution in [0.1, 0.15) is 85.5 Å². The topological polar surface area (TPSA) is 241 Å². The first-order valence-electron chi connectivity index (χ1n) is 19.6. The molecule has 16 nitrogen and oxygen atoms in total. The van der Waals surface area contributed by atoms with Gasteiger partial charge in [-0.2, -0.15) is 13.2 Å². The summed E-state index contributed by atoms with van der Waals surface area (Å²) in [5, 5.41) is 27.5. The lowest BCUT2D eigenvalue weighted by molar-refractivity contribution is -0.192. The normalized spacial score (nSPS) is 18.3. The van der Waals surface area contributed by atoms with Crippen LogP contribution in [0.2, 0.25) is 0 Å². The molecule has 0 unspecified atom stereocenters. The summed E-state index contributed by atoms with van der Waals surface area (Å²) in [6, 6.07) is 7.52. The summed E-state index contributed by atoms with van der Waals surface area (Å²) in [7, 11) is 0. The van der Waals surface area contributed by atoms with E-state index in [0.29, 0.717) is 63.1 Å². The highest BCUT2D eigenvalue weighted by Crippen LogP contribution is 2.46. The molecule has 7 rings (SSSR count). The van der Waals surface area contributed by atoms with Crippen molar-refractivity contribution in [1.29, 1.82) is 0 Å². The molecule has 20 heteroatoms. The SMILES string of the molecule is CC[C@@]1(O)C(=O)OCc2c1cc1n(c2=O)Cc2c-1nc1cc(F)c(C)c3c1c2[C@@H](NC(=O)OCc1ccc(NC(=O)[C@H](C)NC(=O)[C@@H](N)C(C)C)cc1)CC3.O=C(O)C(F)(F)F. The molecule has 62 heavy (non-hydrogen) atoms. The lowest BCUT2D eigenvalue weighted by atomic mass is 9.81. The number of hydrogen-bond donors (Lipinski definition) is 6. The predicted octanol–water partition coefficient (Wildman–Crippen LogP) is 4.50. The van der Waals surface area contributed by atoms with E-state index in [-0.39, 0.29) is 43.2 Å². The second kappa shape index (κ2) is 17.2. The number of halogens is 4. The number of anilines is 1. The van der Waals surface area contributed by atoms with Crippen LogP contribution in [0.3, 0.4) is 0 Å². The maximum atomic E-state index is 15.3. The van der Waals surface area contributed by atoms with Crippen molar-refractivity contribution in [3.05, 3.63) is 91.5 Å². The highest BCUT2D eigenvalue weighted by Gasteiger charge is 2.46. The second-order valence-corrected chi connectivity index (χ2v) is 15.6. The zero-order chi connectivity index (χ0) is 45.6. The summed E-state index contributed by atoms with van der Waals surface area (Å²) in [5.74, 6) is -4.93. The third-order valence-electron chi connectivity index (χ3n) is 11.3. The van der Waals surface area contributed by atoms with Crippen molar-refractivity contribution in [2.45, 2.75) is 104 Å². The average molecular weight is 869 g/mol. The molecule has 2 aliphatic heterocycles. The maximum absolute atomic E-state index is 15.3. The number of aromatic nitrogens is 2. The van der Waals surface area contributed by atoms with Gasteiger partial charge >= 0.3 is 24.2 Å². The number of fused-ring (bicyclic) bond motifs is 5. The Morgan fingerprint density at radius 3 is 2.34 bits per heavy atom. The van der Waals surface area contributed by atoms with Gasteiger partial charge in [0.15, 0.2) is 5.60 Å². The molecular formula is C42H44F4N6O10. The molecule has 2 aromatic carbocycles. The summed E-state index contributed by atoms with van der Waals surface area (Å²) in [5.41, 5.74) is 8.70. The number of esters is 1. The minimum Gasteiger partial charge on any atom is -0.475 e. The minimum atomic E-state index is -5.08. The molecule has 330 valence electrons. The van der Waals surface area contributed by atoms with E-state index in [2.05, 4.69) is 16.0 Å². The number of alkyl halides is 3. The van der Waals surface area contributed by atoms with Crippen molar-refractivity contribution < 1.29 is 61.2 Å². The highest BCUT2D eigenvalue weighted by atomic mass is 19.4. The fraction of sp³-hybridized carbons (Fsp3) is 0.405. The number of aliphatic hydroxyl groups is 1. The molecule has 0 saturated heterocycles. The Kier molecular flexibility index (Phi) is 12.5. The number of pyridine rings is 2. The molecule has 3 aliphatic rings. The van der Waals surface area contributed by atoms with E-state index in [1.807, 2.05) is 13.8 Å². The number of cyclic esters (lactones) is 1. The number of alkyl carbamates (subject to hydrolysis) is 1. The van der Waals surface area contributed by atoms with Crippen LogP contribution in [0.5, 0.6) is 0 Å². The van der Waals surface area contributed by atoms with E-state index in [1.165, 1.54) is 10.6 Å². The van der Waals surface area contributed by atoms with Crippen LogP contribution in [0, 0.1) is 18.7 Å². The first kappa shape index (κ1) is 45.1. The molecule has 0 radical (unpaired) electrons. The number of amides is 3. The average Bonchev–Trinajstić information content (AvgIpc) is 3.59. The van der Waals surface area contributed by atoms with E-state index in [1.54, 1.807) is 51.1 Å². The van der Waals surface area contributed by atoms with Gasteiger partial charge in [-0.05, 0) is 79.5 Å². The number of carbonyl (C=O) groups is 5. The standard InChI is InChI=1S/C40H43FN6O8.C2HF3O2/c1-6-40(53)26-13-30-34-24(15-47(30)37(50)25(26)17-54-38(40)51)32-28(12-11-23-19(4)27(41)14-29(45-34)31(23)32)46-39(52)55-16-21-7-9-22(10-8-21)44-35(48)20(5)43-36(49)33(42)18(2)3;3-2(4,5)1(6)7/h7-10,13-14,18,20,28,33,53H,6,11-12,15-17,42H2,1-5H3,(H,43,49)(H,44,48)(H,46,52);(H,6,7)/t20-,28-,33-,40-;/m0./s1. The summed E-state index contributed by atoms with van der Waals surface area (Å²) >= 11 is 0. The number of carbonyl (C=O) groups excluding carboxylic acids is 4. The van der Waals surface area contributed by atoms with Crippen molar-refractivity contribution >= 4 is 46.4 Å². The number of aryl methyl sites for hydroxylation is 1. The van der Waals surface area contributed by atoms with Gasteiger partial charge in [0.2, 0.25) is 11.8 Å². The monoisotopic (exact) mass is 868 g/mol. The largest absolute Gasteiger partial charge is 0.490 e. The van der Waals surface area contributed by atoms with Crippen LogP contribution >= 0.6 is 0 Å². The molecule has 4 aromatic rings. The molecule has 0 bridgehead atoms. The number of aliphatic carboxylic acids is 1. The lowest BCUT2D eigenvalue weighted by Crippen LogP contribution is -2.50. The van der Waals surface area contributed by atoms with Gasteiger partial charge in [-0.15, -0.1) is 0 Å². The Labute approximate surface area is 350 Å². The van der Waals surface area contributed by atoms with Gasteiger partial charge in [-0.3, -0.25) is 14.4 Å². The van der Waals surface area contributed by atoms with Crippen LogP contribution in [0.25, 0.3) is 22.3 Å². The Bertz CT molecular complexity index is 2560. The van der Waals surface area contributed by atoms with Gasteiger partial charge in [0.05, 0.1) is 41.1 Å². The molecule has 0 spiro atoms. The van der Waals surface area contributed by atoms with Gasteiger partial charge in [-0.25, -0.2) is 23.8 Å². The van der Waals surface area contributed by atoms with Crippen molar-refractivity contribution in [2.75, 3.05) is 5.32 Å². The molecule has 4 atom stereocenters. The number of nitrogens with zero attached hydrogens (tertiary/aromatic N) is 2. The molecule has 2 aromatic heterocycles. The first-order chi connectivity index (χ1) is 29.1. The fourth-order valence-corrected chi connectivity index (χ4v) is 7.64. The third-order valence-corrected chi connectivity index (χ3v) is 11.3. The van der Waals surface area contributed by atoms with Crippen molar-refractivity contribution in [3.63, 3.8) is 0 Å². The Morgan fingerprint density at radius 1 is 1.06 bits per heavy atom. The van der Waals surface area contributed by atoms with Gasteiger partial charge in [-0.1, -0.05) is 32.9 Å². The zero-order valence-electron chi connectivity index (χ0n) is 34.2. The van der Waals surface area contributed by atoms with Crippen molar-refractivity contribution in [1.82, 2.24) is 20.2 Å². The number of carboxylic acid groups (broad SMARTS) is 1. The van der Waals surface area contributed by atoms with Gasteiger partial charge in [0.1, 0.15) is 25.1 Å². The highest BCUT2D eigenvalue weighted by molar-refractivity contribution is 5.98. The van der Waals surface area contributed by atoms with E-state index in [4.69, 9.17) is 30.1 Å². The quantitative estimate of drug-likeness (QED) is 0.0887. The van der Waals surface area contributed by atoms with Crippen LogP contribution in [-0.4, -0.2) is 67.9 Å². The second-order valence-electron chi connectivity index (χ2n) is 15.6. The molecule has 7 N–H and O–H groups in total. The molecule has 3 amide bonds. The molecule has 0 saturated carbocycles. The van der Waals surface area contributed by atoms with E-state index >= 15 is 4.39 Å². The van der Waals surface area contributed by atoms with E-state index < -0.39 is 71.1 Å². The summed E-state index contributed by atoms with van der Waals surface area (Å²) < 4.78 is 59.3. The predicted molar refractivity (Wildman–Crippen MR) is 213 cm³/mol. The molecule has 4 heterocycles. The van der Waals surface area contributed by atoms with Gasteiger partial charge in [0, 0.05) is 28.3 Å². The summed E-state index contributed by atoms with van der Waals surface area (Å²) in [6.45, 7) is 8.28. The van der Waals surface area contributed by atoms with Crippen LogP contribution in [-0.2, 0) is 60.4 Å². The third kappa shape index (κ3) is 8.56. The number of rotatable bonds is 9. The Hall–Kier alpha value is -6.41. The van der Waals surface area contributed by atoms with E-state index in [9.17, 15) is 42.3 Å². The van der Waals surface area contributed by atoms with Crippen LogP contribution < -0.4 is 27.2 Å². The maximum Gasteiger partial charge on any atom is 0.490 e. The lowest BCUT2D eigenvalue weighted by Gasteiger charge is -2.31. The summed E-state index contributed by atoms with van der Waals surface area (Å²) in [4.78, 5) is 78.5. The van der Waals surface area contributed by atoms with Gasteiger partial charge < -0.3 is 45.9 Å². The van der Waals surface area contributed by atoms with Gasteiger partial charge in [0.25, 0.3) is 5.56 Å². The number of ether oxygens (including phenoxy) is 2. The number of nitrogens with two attached hydrogens (primary N) is 1. The van der Waals surface area contributed by atoms with E-state index in [0.717, 1.165) is 5.56 Å². The van der Waals surface area contributed by atoms with Crippen molar-refractivity contribution in [2.24, 2.45) is 11.7 Å². The first-order valence-corrected chi connectivity index (χ1v) is 19.6. The summed E-state index contributed by atoms with van der Waals surface area (Å²) in [6.07, 6.45) is -4.90. The minimum absolute atomic E-state index is 0.0115. The molecule has 0 fully saturated rings. The molecule has 1 aliphatic carbocycles. The number of carboxylic acids is 1. The number of benzene rings is 2. The smallest absolute Gasteiger partial charge is 0.475 e. The zero-order valence-corrected chi connectivity index (χ0v) is 34.2. The molecular weight excluding hydrogens is 824 g/mol. The Balaban J connectivity index is 0.000000845. The number of hydrogen-bond acceptors (Lipinski definition) is 11. The van der Waals surface area contributed by atoms with Crippen molar-refractivity contribution in [3.8, 4) is 11.4 Å². The van der Waals surface area contributed by atoms with Crippen LogP contribution in [0.15, 0.2) is 41.2 Å².